The first-order valence-electron chi connectivity index (χ1n) is 10.5. The van der Waals surface area contributed by atoms with Crippen LogP contribution in [0.5, 0.6) is 17.2 Å². The summed E-state index contributed by atoms with van der Waals surface area (Å²) in [5.41, 5.74) is 2.92. The molecular weight excluding hydrogens is 521 g/mol. The summed E-state index contributed by atoms with van der Waals surface area (Å²) in [4.78, 5) is 13.6. The molecule has 166 valence electrons. The van der Waals surface area contributed by atoms with Crippen molar-refractivity contribution in [3.8, 4) is 17.2 Å². The molecule has 1 atom stereocenters. The maximum absolute atomic E-state index is 11.3. The van der Waals surface area contributed by atoms with Crippen LogP contribution < -0.4 is 14.4 Å². The van der Waals surface area contributed by atoms with Crippen molar-refractivity contribution in [2.75, 3.05) is 24.7 Å². The van der Waals surface area contributed by atoms with Gasteiger partial charge in [-0.05, 0) is 71.5 Å². The van der Waals surface area contributed by atoms with E-state index in [2.05, 4.69) is 27.5 Å². The van der Waals surface area contributed by atoms with Crippen molar-refractivity contribution >= 4 is 39.9 Å². The van der Waals surface area contributed by atoms with Gasteiger partial charge in [0, 0.05) is 13.0 Å². The van der Waals surface area contributed by atoms with Gasteiger partial charge in [-0.2, -0.15) is 0 Å². The van der Waals surface area contributed by atoms with E-state index >= 15 is 0 Å². The molecule has 0 saturated carbocycles. The van der Waals surface area contributed by atoms with Gasteiger partial charge in [0.2, 0.25) is 0 Å². The highest BCUT2D eigenvalue weighted by Gasteiger charge is 2.23. The summed E-state index contributed by atoms with van der Waals surface area (Å²) in [7, 11) is 0. The molecule has 0 aliphatic carbocycles. The van der Waals surface area contributed by atoms with Gasteiger partial charge in [0.1, 0.15) is 12.4 Å². The molecule has 0 fully saturated rings. The number of hydrogen-bond acceptors (Lipinski definition) is 5. The Balaban J connectivity index is 1.44. The molecule has 0 aromatic heterocycles. The molecule has 0 radical (unpaired) electrons. The quantitative estimate of drug-likeness (QED) is 0.351. The number of halogens is 1. The van der Waals surface area contributed by atoms with E-state index in [1.54, 1.807) is 6.92 Å². The molecule has 0 spiro atoms. The fourth-order valence-corrected chi connectivity index (χ4v) is 4.43. The minimum Gasteiger partial charge on any atom is -0.491 e. The fourth-order valence-electron chi connectivity index (χ4n) is 3.69. The molecule has 0 saturated heterocycles. The van der Waals surface area contributed by atoms with Gasteiger partial charge in [-0.3, -0.25) is 0 Å². The Labute approximate surface area is 200 Å². The van der Waals surface area contributed by atoms with Gasteiger partial charge in [0.05, 0.1) is 21.5 Å². The van der Waals surface area contributed by atoms with E-state index in [0.717, 1.165) is 37.8 Å². The Kier molecular flexibility index (Phi) is 7.16. The van der Waals surface area contributed by atoms with Crippen molar-refractivity contribution < 1.29 is 24.1 Å². The number of carbonyl (C=O) groups is 1. The predicted octanol–water partition coefficient (Wildman–Crippen LogP) is 5.65. The van der Waals surface area contributed by atoms with Crippen LogP contribution in [0.2, 0.25) is 0 Å². The normalized spacial score (nSPS) is 13.0. The second kappa shape index (κ2) is 10.2. The number of para-hydroxylation sites is 4. The van der Waals surface area contributed by atoms with E-state index in [0.29, 0.717) is 26.2 Å². The molecule has 32 heavy (non-hydrogen) atoms. The van der Waals surface area contributed by atoms with Crippen LogP contribution >= 0.6 is 22.6 Å². The third kappa shape index (κ3) is 4.99. The third-order valence-corrected chi connectivity index (χ3v) is 6.01. The smallest absolute Gasteiger partial charge is 0.333 e. The summed E-state index contributed by atoms with van der Waals surface area (Å²) >= 11 is 2.22. The third-order valence-electron chi connectivity index (χ3n) is 5.17. The van der Waals surface area contributed by atoms with Crippen LogP contribution in [0.4, 0.5) is 11.4 Å². The van der Waals surface area contributed by atoms with Crippen LogP contribution in [-0.2, 0) is 16.0 Å². The standard InChI is InChI=1S/C25H24INO5/c1-2-30-24(25(28)29)16-17-11-12-21(18(26)15-17)31-14-13-27-19-7-3-5-9-22(19)32-23-10-6-4-8-20(23)27/h3-12,15,24H,2,13-14,16H2,1H3,(H,28,29)/t24-/m0/s1. The van der Waals surface area contributed by atoms with Crippen molar-refractivity contribution in [3.63, 3.8) is 0 Å². The lowest BCUT2D eigenvalue weighted by Gasteiger charge is -2.32. The van der Waals surface area contributed by atoms with E-state index < -0.39 is 12.1 Å². The Morgan fingerprint density at radius 3 is 2.31 bits per heavy atom. The maximum atomic E-state index is 11.3. The SMILES string of the molecule is CCO[C@@H](Cc1ccc(OCCN2c3ccccc3Oc3ccccc32)c(I)c1)C(=O)O. The zero-order chi connectivity index (χ0) is 22.5. The fraction of sp³-hybridized carbons (Fsp3) is 0.240. The Bertz CT molecular complexity index is 1060. The first-order valence-corrected chi connectivity index (χ1v) is 11.5. The molecule has 0 bridgehead atoms. The predicted molar refractivity (Wildman–Crippen MR) is 131 cm³/mol. The Morgan fingerprint density at radius 1 is 1.06 bits per heavy atom. The molecule has 3 aromatic rings. The van der Waals surface area contributed by atoms with Gasteiger partial charge in [-0.25, -0.2) is 4.79 Å². The molecule has 7 heteroatoms. The zero-order valence-corrected chi connectivity index (χ0v) is 19.8. The number of rotatable bonds is 9. The van der Waals surface area contributed by atoms with Crippen molar-refractivity contribution in [2.24, 2.45) is 0 Å². The molecule has 0 amide bonds. The van der Waals surface area contributed by atoms with Gasteiger partial charge in [-0.1, -0.05) is 30.3 Å². The molecule has 1 aliphatic rings. The summed E-state index contributed by atoms with van der Waals surface area (Å²) in [6, 6.07) is 21.7. The summed E-state index contributed by atoms with van der Waals surface area (Å²) < 4.78 is 18.4. The second-order valence-electron chi connectivity index (χ2n) is 7.29. The maximum Gasteiger partial charge on any atom is 0.333 e. The van der Waals surface area contributed by atoms with Crippen molar-refractivity contribution in [3.05, 3.63) is 75.9 Å². The lowest BCUT2D eigenvalue weighted by molar-refractivity contribution is -0.149. The highest BCUT2D eigenvalue weighted by molar-refractivity contribution is 14.1. The lowest BCUT2D eigenvalue weighted by Crippen LogP contribution is -2.26. The number of benzene rings is 3. The minimum atomic E-state index is -0.951. The summed E-state index contributed by atoms with van der Waals surface area (Å²) in [5.74, 6) is 1.47. The van der Waals surface area contributed by atoms with E-state index in [9.17, 15) is 9.90 Å². The summed E-state index contributed by atoms with van der Waals surface area (Å²) in [6.07, 6.45) is -0.523. The van der Waals surface area contributed by atoms with Gasteiger partial charge >= 0.3 is 5.97 Å². The summed E-state index contributed by atoms with van der Waals surface area (Å²) in [5, 5.41) is 9.30. The van der Waals surface area contributed by atoms with Crippen molar-refractivity contribution in [2.45, 2.75) is 19.4 Å². The number of carboxylic acids is 1. The first kappa shape index (κ1) is 22.4. The van der Waals surface area contributed by atoms with Crippen LogP contribution in [0.3, 0.4) is 0 Å². The van der Waals surface area contributed by atoms with Gasteiger partial charge < -0.3 is 24.2 Å². The van der Waals surface area contributed by atoms with Crippen LogP contribution in [-0.4, -0.2) is 36.9 Å². The summed E-state index contributed by atoms with van der Waals surface area (Å²) in [6.45, 7) is 3.29. The van der Waals surface area contributed by atoms with Crippen LogP contribution in [0.1, 0.15) is 12.5 Å². The average Bonchev–Trinajstić information content (AvgIpc) is 2.79. The topological polar surface area (TPSA) is 68.2 Å². The number of anilines is 2. The molecule has 1 heterocycles. The Hall–Kier alpha value is -2.78. The number of ether oxygens (including phenoxy) is 3. The number of nitrogens with zero attached hydrogens (tertiary/aromatic N) is 1. The van der Waals surface area contributed by atoms with Gasteiger partial charge in [0.15, 0.2) is 17.6 Å². The molecule has 1 N–H and O–H groups in total. The minimum absolute atomic E-state index is 0.320. The van der Waals surface area contributed by atoms with E-state index in [1.807, 2.05) is 66.7 Å². The lowest BCUT2D eigenvalue weighted by atomic mass is 10.1. The number of carboxylic acid groups (broad SMARTS) is 1. The van der Waals surface area contributed by atoms with Crippen LogP contribution in [0.25, 0.3) is 0 Å². The van der Waals surface area contributed by atoms with Crippen molar-refractivity contribution in [1.82, 2.24) is 0 Å². The second-order valence-corrected chi connectivity index (χ2v) is 8.45. The molecule has 1 aliphatic heterocycles. The molecule has 6 nitrogen and oxygen atoms in total. The van der Waals surface area contributed by atoms with E-state index in [4.69, 9.17) is 14.2 Å². The largest absolute Gasteiger partial charge is 0.491 e. The number of fused-ring (bicyclic) bond motifs is 2. The monoisotopic (exact) mass is 545 g/mol. The zero-order valence-electron chi connectivity index (χ0n) is 17.7. The molecule has 4 rings (SSSR count). The first-order chi connectivity index (χ1) is 15.6. The molecular formula is C25H24INO5. The highest BCUT2D eigenvalue weighted by Crippen LogP contribution is 2.45. The van der Waals surface area contributed by atoms with E-state index in [1.165, 1.54) is 0 Å². The van der Waals surface area contributed by atoms with Crippen LogP contribution in [0.15, 0.2) is 66.7 Å². The van der Waals surface area contributed by atoms with E-state index in [-0.39, 0.29) is 0 Å². The van der Waals surface area contributed by atoms with Crippen LogP contribution in [0, 0.1) is 3.57 Å². The molecule has 3 aromatic carbocycles. The molecule has 0 unspecified atom stereocenters. The van der Waals surface area contributed by atoms with Gasteiger partial charge in [0.25, 0.3) is 0 Å². The van der Waals surface area contributed by atoms with Gasteiger partial charge in [-0.15, -0.1) is 0 Å². The number of hydrogen-bond donors (Lipinski definition) is 1. The Morgan fingerprint density at radius 2 is 1.72 bits per heavy atom. The average molecular weight is 545 g/mol. The number of aliphatic carboxylic acids is 1. The highest BCUT2D eigenvalue weighted by atomic mass is 127. The van der Waals surface area contributed by atoms with Crippen molar-refractivity contribution in [1.29, 1.82) is 0 Å².